The maximum Gasteiger partial charge on any atom is 0.269 e. The number of hydrogen-bond donors (Lipinski definition) is 2. The van der Waals surface area contributed by atoms with Crippen LogP contribution in [0.15, 0.2) is 30.5 Å². The van der Waals surface area contributed by atoms with Crippen molar-refractivity contribution in [1.82, 2.24) is 10.3 Å². The van der Waals surface area contributed by atoms with E-state index in [0.29, 0.717) is 35.4 Å². The zero-order chi connectivity index (χ0) is 19.8. The smallest absolute Gasteiger partial charge is 0.269 e. The summed E-state index contributed by atoms with van der Waals surface area (Å²) in [6, 6.07) is 7.08. The van der Waals surface area contributed by atoms with Crippen LogP contribution >= 0.6 is 0 Å². The van der Waals surface area contributed by atoms with Crippen LogP contribution in [0, 0.1) is 5.92 Å². The first kappa shape index (κ1) is 20.4. The van der Waals surface area contributed by atoms with Crippen LogP contribution in [0.4, 0.5) is 11.4 Å². The van der Waals surface area contributed by atoms with Gasteiger partial charge in [0.2, 0.25) is 5.75 Å². The van der Waals surface area contributed by atoms with Crippen LogP contribution in [0.25, 0.3) is 0 Å². The Morgan fingerprint density at radius 3 is 2.19 bits per heavy atom. The van der Waals surface area contributed by atoms with Crippen LogP contribution in [0.3, 0.4) is 0 Å². The molecule has 2 aromatic rings. The van der Waals surface area contributed by atoms with E-state index in [-0.39, 0.29) is 5.91 Å². The fraction of sp³-hybridized carbons (Fsp3) is 0.400. The van der Waals surface area contributed by atoms with Crippen LogP contribution in [0.5, 0.6) is 17.2 Å². The van der Waals surface area contributed by atoms with Gasteiger partial charge in [-0.1, -0.05) is 13.8 Å². The minimum absolute atomic E-state index is 0.171. The van der Waals surface area contributed by atoms with Crippen LogP contribution in [0.1, 0.15) is 30.8 Å². The van der Waals surface area contributed by atoms with Crippen molar-refractivity contribution >= 4 is 17.3 Å². The topological polar surface area (TPSA) is 81.7 Å². The molecule has 0 aliphatic carbocycles. The fourth-order valence-corrected chi connectivity index (χ4v) is 2.49. The van der Waals surface area contributed by atoms with Gasteiger partial charge in [0.15, 0.2) is 11.5 Å². The molecule has 27 heavy (non-hydrogen) atoms. The van der Waals surface area contributed by atoms with Crippen LogP contribution in [-0.2, 0) is 0 Å². The lowest BCUT2D eigenvalue weighted by atomic mass is 10.1. The Bertz CT molecular complexity index is 735. The van der Waals surface area contributed by atoms with Crippen molar-refractivity contribution in [1.29, 1.82) is 0 Å². The van der Waals surface area contributed by atoms with Crippen molar-refractivity contribution in [2.45, 2.75) is 20.3 Å². The Hall–Kier alpha value is -2.96. The molecule has 146 valence electrons. The Morgan fingerprint density at radius 2 is 1.70 bits per heavy atom. The van der Waals surface area contributed by atoms with Gasteiger partial charge in [-0.25, -0.2) is 4.98 Å². The number of ether oxygens (including phenoxy) is 3. The second-order valence-electron chi connectivity index (χ2n) is 6.41. The summed E-state index contributed by atoms with van der Waals surface area (Å²) in [4.78, 5) is 16.3. The number of pyridine rings is 1. The molecule has 0 spiro atoms. The summed E-state index contributed by atoms with van der Waals surface area (Å²) >= 11 is 0. The monoisotopic (exact) mass is 373 g/mol. The third kappa shape index (κ3) is 5.51. The second-order valence-corrected chi connectivity index (χ2v) is 6.41. The zero-order valence-corrected chi connectivity index (χ0v) is 16.5. The molecule has 0 saturated carbocycles. The van der Waals surface area contributed by atoms with E-state index in [9.17, 15) is 4.79 Å². The summed E-state index contributed by atoms with van der Waals surface area (Å²) in [5, 5.41) is 6.09. The predicted molar refractivity (Wildman–Crippen MR) is 105 cm³/mol. The highest BCUT2D eigenvalue weighted by atomic mass is 16.5. The Labute approximate surface area is 160 Å². The molecule has 7 heteroatoms. The van der Waals surface area contributed by atoms with Gasteiger partial charge in [-0.15, -0.1) is 0 Å². The van der Waals surface area contributed by atoms with E-state index in [1.54, 1.807) is 51.8 Å². The number of hydrogen-bond acceptors (Lipinski definition) is 6. The van der Waals surface area contributed by atoms with Gasteiger partial charge in [-0.3, -0.25) is 4.79 Å². The molecule has 0 radical (unpaired) electrons. The van der Waals surface area contributed by atoms with E-state index in [0.717, 1.165) is 17.8 Å². The van der Waals surface area contributed by atoms with E-state index in [1.165, 1.54) is 0 Å². The number of nitrogens with zero attached hydrogens (tertiary/aromatic N) is 1. The molecule has 2 N–H and O–H groups in total. The lowest BCUT2D eigenvalue weighted by Crippen LogP contribution is -2.26. The third-order valence-corrected chi connectivity index (χ3v) is 3.96. The van der Waals surface area contributed by atoms with Crippen LogP contribution in [0.2, 0.25) is 0 Å². The molecule has 7 nitrogen and oxygen atoms in total. The summed E-state index contributed by atoms with van der Waals surface area (Å²) in [5.41, 5.74) is 1.87. The molecule has 1 aromatic carbocycles. The standard InChI is InChI=1S/C20H27N3O4/c1-13(2)8-9-21-20(24)16-7-6-14(12-22-16)23-15-10-17(25-3)19(27-5)18(11-15)26-4/h6-7,10-13,23H,8-9H2,1-5H3,(H,21,24). The number of anilines is 2. The lowest BCUT2D eigenvalue weighted by Gasteiger charge is -2.15. The number of benzene rings is 1. The maximum atomic E-state index is 12.1. The molecule has 0 saturated heterocycles. The Morgan fingerprint density at radius 1 is 1.04 bits per heavy atom. The number of methoxy groups -OCH3 is 3. The minimum atomic E-state index is -0.171. The first-order chi connectivity index (χ1) is 13.0. The van der Waals surface area contributed by atoms with E-state index in [2.05, 4.69) is 29.5 Å². The first-order valence-electron chi connectivity index (χ1n) is 8.79. The minimum Gasteiger partial charge on any atom is -0.493 e. The maximum absolute atomic E-state index is 12.1. The lowest BCUT2D eigenvalue weighted by molar-refractivity contribution is 0.0947. The summed E-state index contributed by atoms with van der Waals surface area (Å²) in [6.07, 6.45) is 2.55. The SMILES string of the molecule is COc1cc(Nc2ccc(C(=O)NCCC(C)C)nc2)cc(OC)c1OC. The highest BCUT2D eigenvalue weighted by Crippen LogP contribution is 2.40. The van der Waals surface area contributed by atoms with Crippen LogP contribution in [-0.4, -0.2) is 38.8 Å². The molecular formula is C20H27N3O4. The molecule has 0 bridgehead atoms. The van der Waals surface area contributed by atoms with Gasteiger partial charge >= 0.3 is 0 Å². The van der Waals surface area contributed by atoms with Crippen LogP contribution < -0.4 is 24.8 Å². The molecular weight excluding hydrogens is 346 g/mol. The van der Waals surface area contributed by atoms with Gasteiger partial charge in [0.1, 0.15) is 5.69 Å². The molecule has 1 heterocycles. The number of aromatic nitrogens is 1. The number of rotatable bonds is 9. The van der Waals surface area contributed by atoms with Crippen molar-refractivity contribution in [2.24, 2.45) is 5.92 Å². The normalized spacial score (nSPS) is 10.4. The largest absolute Gasteiger partial charge is 0.493 e. The van der Waals surface area contributed by atoms with Crippen molar-refractivity contribution in [3.05, 3.63) is 36.2 Å². The molecule has 1 aromatic heterocycles. The quantitative estimate of drug-likeness (QED) is 0.699. The number of nitrogens with one attached hydrogen (secondary N) is 2. The Balaban J connectivity index is 2.09. The number of amides is 1. The molecule has 0 aliphatic heterocycles. The van der Waals surface area contributed by atoms with Gasteiger partial charge in [0, 0.05) is 24.4 Å². The fourth-order valence-electron chi connectivity index (χ4n) is 2.49. The molecule has 2 rings (SSSR count). The molecule has 0 unspecified atom stereocenters. The second kappa shape index (κ2) is 9.66. The van der Waals surface area contributed by atoms with Crippen molar-refractivity contribution in [3.63, 3.8) is 0 Å². The zero-order valence-electron chi connectivity index (χ0n) is 16.5. The van der Waals surface area contributed by atoms with Gasteiger partial charge in [0.25, 0.3) is 5.91 Å². The van der Waals surface area contributed by atoms with Crippen molar-refractivity contribution in [2.75, 3.05) is 33.2 Å². The van der Waals surface area contributed by atoms with E-state index < -0.39 is 0 Å². The highest BCUT2D eigenvalue weighted by Gasteiger charge is 2.13. The van der Waals surface area contributed by atoms with E-state index in [4.69, 9.17) is 14.2 Å². The van der Waals surface area contributed by atoms with E-state index >= 15 is 0 Å². The summed E-state index contributed by atoms with van der Waals surface area (Å²) in [6.45, 7) is 4.88. The molecule has 0 fully saturated rings. The first-order valence-corrected chi connectivity index (χ1v) is 8.79. The van der Waals surface area contributed by atoms with Crippen molar-refractivity contribution < 1.29 is 19.0 Å². The molecule has 1 amide bonds. The third-order valence-electron chi connectivity index (χ3n) is 3.96. The summed E-state index contributed by atoms with van der Waals surface area (Å²) < 4.78 is 16.0. The average molecular weight is 373 g/mol. The van der Waals surface area contributed by atoms with Gasteiger partial charge in [-0.05, 0) is 24.5 Å². The summed E-state index contributed by atoms with van der Waals surface area (Å²) in [5.74, 6) is 2.00. The van der Waals surface area contributed by atoms with Gasteiger partial charge in [-0.2, -0.15) is 0 Å². The summed E-state index contributed by atoms with van der Waals surface area (Å²) in [7, 11) is 4.69. The number of carbonyl (C=O) groups is 1. The highest BCUT2D eigenvalue weighted by molar-refractivity contribution is 5.92. The van der Waals surface area contributed by atoms with Gasteiger partial charge < -0.3 is 24.8 Å². The van der Waals surface area contributed by atoms with E-state index in [1.807, 2.05) is 0 Å². The predicted octanol–water partition coefficient (Wildman–Crippen LogP) is 3.63. The molecule has 0 aliphatic rings. The number of carbonyl (C=O) groups excluding carboxylic acids is 1. The van der Waals surface area contributed by atoms with Crippen molar-refractivity contribution in [3.8, 4) is 17.2 Å². The molecule has 0 atom stereocenters. The average Bonchev–Trinajstić information content (AvgIpc) is 2.67. The van der Waals surface area contributed by atoms with Gasteiger partial charge in [0.05, 0.1) is 33.2 Å². The Kier molecular flexibility index (Phi) is 7.28.